The van der Waals surface area contributed by atoms with Gasteiger partial charge in [0.25, 0.3) is 0 Å². The molecule has 4 rings (SSSR count). The van der Waals surface area contributed by atoms with E-state index in [9.17, 15) is 22.8 Å². The summed E-state index contributed by atoms with van der Waals surface area (Å²) < 4.78 is 66.0. The van der Waals surface area contributed by atoms with Crippen molar-refractivity contribution in [3.05, 3.63) is 64.5 Å². The van der Waals surface area contributed by atoms with Gasteiger partial charge in [-0.3, -0.25) is 0 Å². The number of methoxy groups -OCH3 is 1. The molecule has 2 aromatic heterocycles. The van der Waals surface area contributed by atoms with Crippen LogP contribution in [0, 0.1) is 0 Å². The van der Waals surface area contributed by atoms with Crippen LogP contribution >= 0.6 is 0 Å². The van der Waals surface area contributed by atoms with Gasteiger partial charge in [0.05, 0.1) is 58.0 Å². The Hall–Kier alpha value is -4.44. The number of alkyl halides is 3. The summed E-state index contributed by atoms with van der Waals surface area (Å²) in [7, 11) is 3.31. The van der Waals surface area contributed by atoms with Crippen LogP contribution in [0.15, 0.2) is 57.7 Å². The minimum atomic E-state index is -5.08. The molecule has 3 N–H and O–H groups in total. The Labute approximate surface area is 255 Å². The van der Waals surface area contributed by atoms with Gasteiger partial charge in [0.1, 0.15) is 23.5 Å². The smallest absolute Gasteiger partial charge is 0.490 e. The molecule has 0 atom stereocenters. The first-order valence-electron chi connectivity index (χ1n) is 13.6. The number of carboxylic acid groups (broad SMARTS) is 1. The molecule has 0 unspecified atom stereocenters. The van der Waals surface area contributed by atoms with E-state index in [1.165, 1.54) is 0 Å². The lowest BCUT2D eigenvalue weighted by Crippen LogP contribution is -2.21. The van der Waals surface area contributed by atoms with Gasteiger partial charge in [-0.15, -0.1) is 0 Å². The second-order valence-corrected chi connectivity index (χ2v) is 9.19. The summed E-state index contributed by atoms with van der Waals surface area (Å²) in [6, 6.07) is 14.4. The number of rotatable bonds is 14. The molecule has 0 radical (unpaired) electrons. The Bertz CT molecular complexity index is 1630. The normalized spacial score (nSPS) is 11.3. The molecule has 0 saturated heterocycles. The van der Waals surface area contributed by atoms with Crippen molar-refractivity contribution in [2.45, 2.75) is 6.18 Å². The third-order valence-electron chi connectivity index (χ3n) is 6.22. The second kappa shape index (κ2) is 16.6. The number of esters is 1. The highest BCUT2D eigenvalue weighted by atomic mass is 19.4. The molecule has 0 spiro atoms. The van der Waals surface area contributed by atoms with Crippen LogP contribution in [0.1, 0.15) is 10.4 Å². The average molecular weight is 639 g/mol. The lowest BCUT2D eigenvalue weighted by atomic mass is 10.0. The van der Waals surface area contributed by atoms with Gasteiger partial charge in [-0.2, -0.15) is 13.2 Å². The van der Waals surface area contributed by atoms with E-state index in [0.29, 0.717) is 67.4 Å². The molecule has 2 aromatic carbocycles. The summed E-state index contributed by atoms with van der Waals surface area (Å²) in [6.07, 6.45) is -5.08. The molecule has 0 saturated carbocycles. The van der Waals surface area contributed by atoms with Crippen LogP contribution in [0.5, 0.6) is 5.75 Å². The maximum Gasteiger partial charge on any atom is 0.490 e. The molecule has 244 valence electrons. The van der Waals surface area contributed by atoms with Crippen molar-refractivity contribution in [3.63, 3.8) is 0 Å². The van der Waals surface area contributed by atoms with Gasteiger partial charge in [-0.05, 0) is 35.9 Å². The summed E-state index contributed by atoms with van der Waals surface area (Å²) in [5.74, 6) is -2.65. The van der Waals surface area contributed by atoms with Crippen LogP contribution < -0.4 is 16.1 Å². The zero-order chi connectivity index (χ0) is 33.0. The summed E-state index contributed by atoms with van der Waals surface area (Å²) in [4.78, 5) is 35.4. The van der Waals surface area contributed by atoms with Crippen LogP contribution in [-0.4, -0.2) is 87.7 Å². The first kappa shape index (κ1) is 35.0. The topological polar surface area (TPSA) is 162 Å². The largest absolute Gasteiger partial charge is 0.497 e. The maximum absolute atomic E-state index is 13.5. The molecule has 0 aliphatic carbocycles. The molecule has 12 nitrogen and oxygen atoms in total. The molecular formula is C30H33F3N2O10. The quantitative estimate of drug-likeness (QED) is 0.118. The molecule has 0 aliphatic heterocycles. The fourth-order valence-electron chi connectivity index (χ4n) is 4.27. The number of para-hydroxylation sites is 1. The minimum absolute atomic E-state index is 0.0380. The Balaban J connectivity index is 0.000000707. The molecule has 0 aliphatic rings. The third kappa shape index (κ3) is 9.28. The van der Waals surface area contributed by atoms with Crippen molar-refractivity contribution in [1.82, 2.24) is 4.57 Å². The number of nitrogens with two attached hydrogens (primary N) is 1. The van der Waals surface area contributed by atoms with E-state index < -0.39 is 23.7 Å². The van der Waals surface area contributed by atoms with Gasteiger partial charge in [0, 0.05) is 24.4 Å². The van der Waals surface area contributed by atoms with Crippen molar-refractivity contribution in [2.75, 3.05) is 59.9 Å². The number of carbonyl (C=O) groups is 2. The van der Waals surface area contributed by atoms with E-state index in [0.717, 1.165) is 5.56 Å². The molecule has 2 heterocycles. The third-order valence-corrected chi connectivity index (χ3v) is 6.22. The molecule has 45 heavy (non-hydrogen) atoms. The number of aromatic nitrogens is 1. The predicted octanol–water partition coefficient (Wildman–Crippen LogP) is 3.76. The van der Waals surface area contributed by atoms with Crippen LogP contribution in [0.4, 0.5) is 13.2 Å². The number of aliphatic carboxylic acids is 1. The van der Waals surface area contributed by atoms with Crippen LogP contribution in [0.25, 0.3) is 33.1 Å². The number of halogens is 3. The van der Waals surface area contributed by atoms with E-state index in [4.69, 9.17) is 43.7 Å². The number of carboxylic acids is 1. The number of hydrogen-bond donors (Lipinski definition) is 2. The van der Waals surface area contributed by atoms with Crippen molar-refractivity contribution < 1.29 is 56.0 Å². The number of carbonyl (C=O) groups excluding carboxylic acids is 1. The highest BCUT2D eigenvalue weighted by molar-refractivity contribution is 6.18. The van der Waals surface area contributed by atoms with Crippen molar-refractivity contribution in [1.29, 1.82) is 0 Å². The first-order chi connectivity index (χ1) is 21.5. The van der Waals surface area contributed by atoms with Crippen molar-refractivity contribution in [3.8, 4) is 17.0 Å². The molecule has 0 bridgehead atoms. The standard InChI is InChI=1S/C28H32N2O8.C2HF3O2/c1-30-25(19-7-9-20(33-2)10-8-19)24(23-21-5-3-4-6-22(21)38-28(32)26(23)30)27(31)37-18-17-36-16-15-35-14-13-34-12-11-29;3-2(4,5)1(6)7/h3-10H,11-18,29H2,1-2H3;(H,6,7). The summed E-state index contributed by atoms with van der Waals surface area (Å²) >= 11 is 0. The molecule has 15 heteroatoms. The van der Waals surface area contributed by atoms with Gasteiger partial charge in [0.15, 0.2) is 0 Å². The number of aryl methyl sites for hydroxylation is 1. The number of ether oxygens (including phenoxy) is 5. The van der Waals surface area contributed by atoms with Crippen molar-refractivity contribution in [2.24, 2.45) is 12.8 Å². The summed E-state index contributed by atoms with van der Waals surface area (Å²) in [5.41, 5.74) is 7.06. The van der Waals surface area contributed by atoms with Gasteiger partial charge in [-0.25, -0.2) is 14.4 Å². The molecule has 0 fully saturated rings. The summed E-state index contributed by atoms with van der Waals surface area (Å²) in [5, 5.41) is 8.26. The van der Waals surface area contributed by atoms with Gasteiger partial charge in [-0.1, -0.05) is 18.2 Å². The highest BCUT2D eigenvalue weighted by Crippen LogP contribution is 2.36. The van der Waals surface area contributed by atoms with E-state index in [1.807, 2.05) is 24.3 Å². The SMILES string of the molecule is COc1ccc(-c2c(C(=O)OCCOCCOCCOCCN)c3c4ccccc4oc(=O)c3n2C)cc1.O=C(O)C(F)(F)F. The Morgan fingerprint density at radius 2 is 1.47 bits per heavy atom. The lowest BCUT2D eigenvalue weighted by molar-refractivity contribution is -0.192. The fraction of sp³-hybridized carbons (Fsp3) is 0.367. The van der Waals surface area contributed by atoms with Gasteiger partial charge < -0.3 is 43.5 Å². The van der Waals surface area contributed by atoms with Gasteiger partial charge >= 0.3 is 23.7 Å². The Morgan fingerprint density at radius 3 is 2.02 bits per heavy atom. The zero-order valence-corrected chi connectivity index (χ0v) is 24.6. The number of benzene rings is 2. The summed E-state index contributed by atoms with van der Waals surface area (Å²) in [6.45, 7) is 2.90. The zero-order valence-electron chi connectivity index (χ0n) is 24.6. The van der Waals surface area contributed by atoms with E-state index in [-0.39, 0.29) is 24.3 Å². The number of hydrogen-bond acceptors (Lipinski definition) is 10. The number of nitrogens with zero attached hydrogens (tertiary/aromatic N) is 1. The van der Waals surface area contributed by atoms with Gasteiger partial charge in [0.2, 0.25) is 0 Å². The molecule has 0 amide bonds. The predicted molar refractivity (Wildman–Crippen MR) is 156 cm³/mol. The molecular weight excluding hydrogens is 605 g/mol. The van der Waals surface area contributed by atoms with E-state index in [2.05, 4.69) is 0 Å². The minimum Gasteiger partial charge on any atom is -0.497 e. The van der Waals surface area contributed by atoms with E-state index in [1.54, 1.807) is 43.0 Å². The maximum atomic E-state index is 13.5. The van der Waals surface area contributed by atoms with E-state index >= 15 is 0 Å². The van der Waals surface area contributed by atoms with Crippen LogP contribution in [0.3, 0.4) is 0 Å². The monoisotopic (exact) mass is 638 g/mol. The Morgan fingerprint density at radius 1 is 0.911 bits per heavy atom. The fourth-order valence-corrected chi connectivity index (χ4v) is 4.27. The average Bonchev–Trinajstić information content (AvgIpc) is 3.33. The Kier molecular flexibility index (Phi) is 12.9. The molecule has 4 aromatic rings. The van der Waals surface area contributed by atoms with Crippen molar-refractivity contribution >= 4 is 33.8 Å². The van der Waals surface area contributed by atoms with Crippen LogP contribution in [0.2, 0.25) is 0 Å². The highest BCUT2D eigenvalue weighted by Gasteiger charge is 2.38. The number of fused-ring (bicyclic) bond motifs is 3. The first-order valence-corrected chi connectivity index (χ1v) is 13.6. The van der Waals surface area contributed by atoms with Crippen LogP contribution in [-0.2, 0) is 30.8 Å². The second-order valence-electron chi connectivity index (χ2n) is 9.19. The lowest BCUT2D eigenvalue weighted by Gasteiger charge is -2.10.